The van der Waals surface area contributed by atoms with Crippen LogP contribution in [-0.2, 0) is 14.8 Å². The molecule has 0 aliphatic carbocycles. The Balaban J connectivity index is 1.70. The molecule has 0 aromatic heterocycles. The number of rotatable bonds is 6. The van der Waals surface area contributed by atoms with Gasteiger partial charge in [0.15, 0.2) is 0 Å². The minimum absolute atomic E-state index is 0.0615. The van der Waals surface area contributed by atoms with Crippen molar-refractivity contribution in [1.82, 2.24) is 9.62 Å². The molecule has 140 valence electrons. The molecule has 3 N–H and O–H groups in total. The minimum atomic E-state index is -3.64. The summed E-state index contributed by atoms with van der Waals surface area (Å²) in [4.78, 5) is 2.35. The van der Waals surface area contributed by atoms with Crippen LogP contribution in [0.25, 0.3) is 0 Å². The van der Waals surface area contributed by atoms with Crippen molar-refractivity contribution in [2.24, 2.45) is 0 Å². The van der Waals surface area contributed by atoms with Crippen LogP contribution in [0.2, 0.25) is 0 Å². The van der Waals surface area contributed by atoms with Crippen LogP contribution < -0.4 is 4.72 Å². The first-order chi connectivity index (χ1) is 12.0. The van der Waals surface area contributed by atoms with Gasteiger partial charge in [0.05, 0.1) is 23.6 Å². The molecule has 3 rings (SSSR count). The van der Waals surface area contributed by atoms with Gasteiger partial charge in [-0.15, -0.1) is 0 Å². The normalized spacial score (nSPS) is 31.3. The second-order valence-electron chi connectivity index (χ2n) is 6.64. The van der Waals surface area contributed by atoms with Crippen molar-refractivity contribution < 1.29 is 23.4 Å². The number of nitrogens with zero attached hydrogens (tertiary/aromatic N) is 1. The van der Waals surface area contributed by atoms with Gasteiger partial charge < -0.3 is 14.9 Å². The van der Waals surface area contributed by atoms with Crippen molar-refractivity contribution in [2.75, 3.05) is 26.2 Å². The first-order valence-electron chi connectivity index (χ1n) is 8.76. The van der Waals surface area contributed by atoms with Crippen LogP contribution in [0.3, 0.4) is 0 Å². The Labute approximate surface area is 148 Å². The zero-order valence-corrected chi connectivity index (χ0v) is 14.9. The Morgan fingerprint density at radius 2 is 1.80 bits per heavy atom. The molecule has 0 saturated carbocycles. The van der Waals surface area contributed by atoms with E-state index in [4.69, 9.17) is 4.74 Å². The molecule has 2 heterocycles. The first-order valence-corrected chi connectivity index (χ1v) is 10.2. The lowest BCUT2D eigenvalue weighted by Gasteiger charge is -2.36. The topological polar surface area (TPSA) is 99.1 Å². The molecule has 1 aromatic rings. The number of benzene rings is 1. The quantitative estimate of drug-likeness (QED) is 0.649. The first kappa shape index (κ1) is 18.8. The fourth-order valence-corrected chi connectivity index (χ4v) is 4.75. The highest BCUT2D eigenvalue weighted by molar-refractivity contribution is 7.89. The highest BCUT2D eigenvalue weighted by atomic mass is 32.2. The maximum atomic E-state index is 12.4. The van der Waals surface area contributed by atoms with E-state index >= 15 is 0 Å². The standard InChI is InChI=1S/C17H26N2O5S/c20-12-15-17(21)16(19-9-5-2-6-10-19)14(24-15)11-18-25(22,23)13-7-3-1-4-8-13/h1,3-4,7-8,14-18,20-21H,2,5-6,9-12H2. The Kier molecular flexibility index (Phi) is 6.08. The molecule has 2 fully saturated rings. The summed E-state index contributed by atoms with van der Waals surface area (Å²) in [5, 5.41) is 19.9. The van der Waals surface area contributed by atoms with E-state index in [1.54, 1.807) is 18.2 Å². The molecular weight excluding hydrogens is 344 g/mol. The van der Waals surface area contributed by atoms with Crippen LogP contribution in [-0.4, -0.2) is 74.1 Å². The molecule has 7 nitrogen and oxygen atoms in total. The van der Waals surface area contributed by atoms with E-state index in [2.05, 4.69) is 9.62 Å². The zero-order valence-electron chi connectivity index (χ0n) is 14.1. The molecular formula is C17H26N2O5S. The number of ether oxygens (including phenoxy) is 1. The number of likely N-dealkylation sites (tertiary alicyclic amines) is 1. The van der Waals surface area contributed by atoms with Crippen LogP contribution >= 0.6 is 0 Å². The molecule has 0 spiro atoms. The number of aliphatic hydroxyl groups excluding tert-OH is 2. The van der Waals surface area contributed by atoms with Crippen LogP contribution in [0.4, 0.5) is 0 Å². The summed E-state index contributed by atoms with van der Waals surface area (Å²) in [6.45, 7) is 1.48. The molecule has 4 unspecified atom stereocenters. The average molecular weight is 370 g/mol. The molecule has 0 bridgehead atoms. The van der Waals surface area contributed by atoms with Crippen molar-refractivity contribution in [3.05, 3.63) is 30.3 Å². The van der Waals surface area contributed by atoms with Gasteiger partial charge in [0.1, 0.15) is 12.2 Å². The summed E-state index contributed by atoms with van der Waals surface area (Å²) >= 11 is 0. The lowest BCUT2D eigenvalue weighted by molar-refractivity contribution is -0.0201. The molecule has 2 saturated heterocycles. The predicted molar refractivity (Wildman–Crippen MR) is 92.6 cm³/mol. The smallest absolute Gasteiger partial charge is 0.240 e. The number of nitrogens with one attached hydrogen (secondary N) is 1. The van der Waals surface area contributed by atoms with Gasteiger partial charge in [-0.2, -0.15) is 0 Å². The van der Waals surface area contributed by atoms with E-state index in [-0.39, 0.29) is 24.1 Å². The van der Waals surface area contributed by atoms with E-state index in [0.717, 1.165) is 32.4 Å². The van der Waals surface area contributed by atoms with Gasteiger partial charge in [-0.05, 0) is 38.1 Å². The summed E-state index contributed by atoms with van der Waals surface area (Å²) in [7, 11) is -3.64. The largest absolute Gasteiger partial charge is 0.394 e. The minimum Gasteiger partial charge on any atom is -0.394 e. The molecule has 25 heavy (non-hydrogen) atoms. The van der Waals surface area contributed by atoms with Crippen molar-refractivity contribution in [2.45, 2.75) is 48.5 Å². The Morgan fingerprint density at radius 1 is 1.12 bits per heavy atom. The number of aliphatic hydroxyl groups is 2. The SMILES string of the molecule is O=S(=O)(NCC1OC(CO)C(O)C1N1CCCCC1)c1ccccc1. The van der Waals surface area contributed by atoms with Crippen molar-refractivity contribution in [3.8, 4) is 0 Å². The summed E-state index contributed by atoms with van der Waals surface area (Å²) in [6.07, 6.45) is 1.26. The second kappa shape index (κ2) is 8.11. The van der Waals surface area contributed by atoms with Crippen molar-refractivity contribution in [1.29, 1.82) is 0 Å². The highest BCUT2D eigenvalue weighted by Crippen LogP contribution is 2.28. The molecule has 0 amide bonds. The second-order valence-corrected chi connectivity index (χ2v) is 8.41. The predicted octanol–water partition coefficient (Wildman–Crippen LogP) is -0.0600. The third-order valence-corrected chi connectivity index (χ3v) is 6.42. The number of hydrogen-bond donors (Lipinski definition) is 3. The number of piperidine rings is 1. The van der Waals surface area contributed by atoms with Crippen molar-refractivity contribution in [3.63, 3.8) is 0 Å². The summed E-state index contributed by atoms with van der Waals surface area (Å²) in [5.74, 6) is 0. The Bertz CT molecular complexity index is 648. The maximum Gasteiger partial charge on any atom is 0.240 e. The third kappa shape index (κ3) is 4.21. The van der Waals surface area contributed by atoms with Gasteiger partial charge in [0, 0.05) is 6.54 Å². The van der Waals surface area contributed by atoms with E-state index in [9.17, 15) is 18.6 Å². The van der Waals surface area contributed by atoms with Gasteiger partial charge in [-0.25, -0.2) is 13.1 Å². The van der Waals surface area contributed by atoms with Crippen molar-refractivity contribution >= 4 is 10.0 Å². The van der Waals surface area contributed by atoms with Crippen LogP contribution in [0.15, 0.2) is 35.2 Å². The highest BCUT2D eigenvalue weighted by Gasteiger charge is 2.46. The zero-order chi connectivity index (χ0) is 17.9. The molecule has 2 aliphatic rings. The molecule has 0 radical (unpaired) electrons. The van der Waals surface area contributed by atoms with Crippen LogP contribution in [0.1, 0.15) is 19.3 Å². The molecule has 2 aliphatic heterocycles. The van der Waals surface area contributed by atoms with Gasteiger partial charge in [-0.1, -0.05) is 24.6 Å². The fraction of sp³-hybridized carbons (Fsp3) is 0.647. The lowest BCUT2D eigenvalue weighted by Crippen LogP contribution is -2.52. The number of hydrogen-bond acceptors (Lipinski definition) is 6. The van der Waals surface area contributed by atoms with Crippen LogP contribution in [0, 0.1) is 0 Å². The maximum absolute atomic E-state index is 12.4. The molecule has 8 heteroatoms. The van der Waals surface area contributed by atoms with E-state index in [0.29, 0.717) is 0 Å². The van der Waals surface area contributed by atoms with E-state index < -0.39 is 28.3 Å². The third-order valence-electron chi connectivity index (χ3n) is 4.98. The van der Waals surface area contributed by atoms with Gasteiger partial charge >= 0.3 is 0 Å². The lowest BCUT2D eigenvalue weighted by atomic mass is 9.99. The molecule has 1 aromatic carbocycles. The monoisotopic (exact) mass is 370 g/mol. The Hall–Kier alpha value is -1.03. The summed E-state index contributed by atoms with van der Waals surface area (Å²) in [6, 6.07) is 7.85. The number of sulfonamides is 1. The van der Waals surface area contributed by atoms with Gasteiger partial charge in [0.25, 0.3) is 0 Å². The van der Waals surface area contributed by atoms with Gasteiger partial charge in [-0.3, -0.25) is 4.90 Å². The van der Waals surface area contributed by atoms with Gasteiger partial charge in [0.2, 0.25) is 10.0 Å². The summed E-state index contributed by atoms with van der Waals surface area (Å²) in [5.41, 5.74) is 0. The molecule has 4 atom stereocenters. The van der Waals surface area contributed by atoms with Crippen LogP contribution in [0.5, 0.6) is 0 Å². The van der Waals surface area contributed by atoms with E-state index in [1.807, 2.05) is 0 Å². The van der Waals surface area contributed by atoms with E-state index in [1.165, 1.54) is 12.1 Å². The fourth-order valence-electron chi connectivity index (χ4n) is 3.69. The summed E-state index contributed by atoms with van der Waals surface area (Å²) < 4.78 is 33.2. The average Bonchev–Trinajstić information content (AvgIpc) is 2.97. The Morgan fingerprint density at radius 3 is 2.44 bits per heavy atom.